The first-order valence-electron chi connectivity index (χ1n) is 6.89. The summed E-state index contributed by atoms with van der Waals surface area (Å²) in [6.07, 6.45) is 6.54. The largest absolute Gasteiger partial charge is 0.333 e. The zero-order valence-corrected chi connectivity index (χ0v) is 12.1. The third-order valence-electron chi connectivity index (χ3n) is 3.80. The van der Waals surface area contributed by atoms with Crippen molar-refractivity contribution in [1.82, 2.24) is 19.4 Å². The molecule has 0 atom stereocenters. The fourth-order valence-corrected chi connectivity index (χ4v) is 2.60. The second-order valence-corrected chi connectivity index (χ2v) is 5.82. The summed E-state index contributed by atoms with van der Waals surface area (Å²) in [7, 11) is 0. The molecule has 0 amide bonds. The quantitative estimate of drug-likeness (QED) is 0.689. The van der Waals surface area contributed by atoms with E-state index >= 15 is 0 Å². The van der Waals surface area contributed by atoms with Crippen LogP contribution in [0.25, 0.3) is 5.65 Å². The van der Waals surface area contributed by atoms with E-state index in [0.717, 1.165) is 30.8 Å². The topological polar surface area (TPSA) is 43.1 Å². The van der Waals surface area contributed by atoms with Crippen molar-refractivity contribution in [1.29, 1.82) is 0 Å². The van der Waals surface area contributed by atoms with Crippen LogP contribution in [0.15, 0.2) is 36.9 Å². The summed E-state index contributed by atoms with van der Waals surface area (Å²) in [4.78, 5) is 11.3. The van der Waals surface area contributed by atoms with E-state index in [0.29, 0.717) is 11.6 Å². The third kappa shape index (κ3) is 2.23. The van der Waals surface area contributed by atoms with Gasteiger partial charge in [-0.25, -0.2) is 15.0 Å². The van der Waals surface area contributed by atoms with Crippen LogP contribution in [0, 0.1) is 0 Å². The van der Waals surface area contributed by atoms with Gasteiger partial charge in [-0.15, -0.1) is 0 Å². The second-order valence-electron chi connectivity index (χ2n) is 5.43. The van der Waals surface area contributed by atoms with Crippen molar-refractivity contribution < 1.29 is 8.78 Å². The van der Waals surface area contributed by atoms with Gasteiger partial charge in [-0.05, 0) is 30.4 Å². The van der Waals surface area contributed by atoms with Crippen LogP contribution in [0.4, 0.5) is 8.78 Å². The van der Waals surface area contributed by atoms with Crippen LogP contribution in [-0.4, -0.2) is 19.4 Å². The summed E-state index contributed by atoms with van der Waals surface area (Å²) in [5.74, 6) is -2.77. The zero-order valence-electron chi connectivity index (χ0n) is 11.4. The standard InChI is InChI=1S/C15H11ClF2N4/c16-13-5-11(19-8-20-13)15(17,18)12-7-22-6-10(9-1-2-9)3-4-14(22)21-12/h3-9H,1-2H2. The van der Waals surface area contributed by atoms with Crippen molar-refractivity contribution >= 4 is 17.2 Å². The van der Waals surface area contributed by atoms with E-state index in [2.05, 4.69) is 15.0 Å². The van der Waals surface area contributed by atoms with E-state index in [4.69, 9.17) is 11.6 Å². The molecule has 1 fully saturated rings. The minimum absolute atomic E-state index is 0.0236. The van der Waals surface area contributed by atoms with Crippen molar-refractivity contribution in [3.63, 3.8) is 0 Å². The Kier molecular flexibility index (Phi) is 2.91. The zero-order chi connectivity index (χ0) is 15.3. The minimum Gasteiger partial charge on any atom is -0.306 e. The van der Waals surface area contributed by atoms with Gasteiger partial charge < -0.3 is 4.40 Å². The van der Waals surface area contributed by atoms with Crippen molar-refractivity contribution in [3.05, 3.63) is 59.0 Å². The van der Waals surface area contributed by atoms with E-state index < -0.39 is 11.6 Å². The predicted molar refractivity (Wildman–Crippen MR) is 77.2 cm³/mol. The molecule has 0 radical (unpaired) electrons. The summed E-state index contributed by atoms with van der Waals surface area (Å²) in [5.41, 5.74) is 0.831. The number of fused-ring (bicyclic) bond motifs is 1. The Morgan fingerprint density at radius 2 is 1.95 bits per heavy atom. The smallest absolute Gasteiger partial charge is 0.306 e. The van der Waals surface area contributed by atoms with Crippen molar-refractivity contribution in [3.8, 4) is 0 Å². The van der Waals surface area contributed by atoms with Crippen LogP contribution in [0.2, 0.25) is 5.15 Å². The number of alkyl halides is 2. The highest BCUT2D eigenvalue weighted by Gasteiger charge is 2.39. The Balaban J connectivity index is 1.79. The number of rotatable bonds is 3. The molecule has 0 saturated heterocycles. The Morgan fingerprint density at radius 1 is 1.14 bits per heavy atom. The monoisotopic (exact) mass is 320 g/mol. The predicted octanol–water partition coefficient (Wildman–Crippen LogP) is 3.80. The summed E-state index contributed by atoms with van der Waals surface area (Å²) >= 11 is 5.67. The van der Waals surface area contributed by atoms with Crippen LogP contribution in [0.3, 0.4) is 0 Å². The lowest BCUT2D eigenvalue weighted by atomic mass is 10.2. The minimum atomic E-state index is -3.32. The molecule has 112 valence electrons. The van der Waals surface area contributed by atoms with Gasteiger partial charge in [0.1, 0.15) is 28.5 Å². The summed E-state index contributed by atoms with van der Waals surface area (Å²) in [5, 5.41) is -0.0236. The Bertz CT molecular complexity index is 858. The maximum Gasteiger partial charge on any atom is 0.333 e. The first-order valence-corrected chi connectivity index (χ1v) is 7.27. The van der Waals surface area contributed by atoms with Crippen LogP contribution >= 0.6 is 11.6 Å². The lowest BCUT2D eigenvalue weighted by Crippen LogP contribution is -2.17. The Hall–Kier alpha value is -2.08. The molecule has 1 aliphatic rings. The van der Waals surface area contributed by atoms with Gasteiger partial charge in [0.15, 0.2) is 0 Å². The molecule has 7 heteroatoms. The molecule has 3 aromatic heterocycles. The molecule has 0 N–H and O–H groups in total. The second kappa shape index (κ2) is 4.71. The normalized spacial score (nSPS) is 15.4. The van der Waals surface area contributed by atoms with Crippen molar-refractivity contribution in [2.45, 2.75) is 24.7 Å². The van der Waals surface area contributed by atoms with Gasteiger partial charge in [-0.1, -0.05) is 17.7 Å². The molecule has 3 heterocycles. The third-order valence-corrected chi connectivity index (χ3v) is 4.01. The maximum absolute atomic E-state index is 14.6. The van der Waals surface area contributed by atoms with E-state index in [1.807, 2.05) is 12.3 Å². The van der Waals surface area contributed by atoms with Crippen molar-refractivity contribution in [2.24, 2.45) is 0 Å². The van der Waals surface area contributed by atoms with Gasteiger partial charge in [-0.3, -0.25) is 0 Å². The number of halogens is 3. The van der Waals surface area contributed by atoms with Gasteiger partial charge >= 0.3 is 5.92 Å². The lowest BCUT2D eigenvalue weighted by Gasteiger charge is -2.12. The van der Waals surface area contributed by atoms with Crippen LogP contribution < -0.4 is 0 Å². The highest BCUT2D eigenvalue weighted by Crippen LogP contribution is 2.40. The average Bonchev–Trinajstić information content (AvgIpc) is 3.25. The molecule has 1 saturated carbocycles. The molecule has 0 bridgehead atoms. The molecule has 0 unspecified atom stereocenters. The maximum atomic E-state index is 14.6. The van der Waals surface area contributed by atoms with Crippen LogP contribution in [0.5, 0.6) is 0 Å². The number of hydrogen-bond donors (Lipinski definition) is 0. The molecule has 3 aromatic rings. The molecule has 0 aliphatic heterocycles. The van der Waals surface area contributed by atoms with Crippen LogP contribution in [0.1, 0.15) is 35.7 Å². The Labute approximate surface area is 129 Å². The molecule has 22 heavy (non-hydrogen) atoms. The molecular weight excluding hydrogens is 310 g/mol. The molecular formula is C15H11ClF2N4. The number of pyridine rings is 1. The molecule has 1 aliphatic carbocycles. The first kappa shape index (κ1) is 13.6. The number of aromatic nitrogens is 4. The molecule has 4 rings (SSSR count). The summed E-state index contributed by atoms with van der Waals surface area (Å²) < 4.78 is 30.7. The van der Waals surface area contributed by atoms with Gasteiger partial charge in [0.05, 0.1) is 0 Å². The first-order chi connectivity index (χ1) is 10.5. The number of imidazole rings is 1. The highest BCUT2D eigenvalue weighted by molar-refractivity contribution is 6.29. The van der Waals surface area contributed by atoms with Crippen molar-refractivity contribution in [2.75, 3.05) is 0 Å². The Morgan fingerprint density at radius 3 is 2.68 bits per heavy atom. The average molecular weight is 321 g/mol. The van der Waals surface area contributed by atoms with E-state index in [9.17, 15) is 8.78 Å². The van der Waals surface area contributed by atoms with Crippen LogP contribution in [-0.2, 0) is 5.92 Å². The van der Waals surface area contributed by atoms with E-state index in [1.165, 1.54) is 6.20 Å². The summed E-state index contributed by atoms with van der Waals surface area (Å²) in [6.45, 7) is 0. The fourth-order valence-electron chi connectivity index (χ4n) is 2.45. The van der Waals surface area contributed by atoms with Gasteiger partial charge in [0.2, 0.25) is 0 Å². The number of hydrogen-bond acceptors (Lipinski definition) is 3. The van der Waals surface area contributed by atoms with Gasteiger partial charge in [-0.2, -0.15) is 8.78 Å². The van der Waals surface area contributed by atoms with Gasteiger partial charge in [0.25, 0.3) is 0 Å². The molecule has 0 aromatic carbocycles. The lowest BCUT2D eigenvalue weighted by molar-refractivity contribution is 0.0336. The summed E-state index contributed by atoms with van der Waals surface area (Å²) in [6, 6.07) is 4.77. The SMILES string of the molecule is FC(F)(c1cc(Cl)ncn1)c1cn2cc(C3CC3)ccc2n1. The number of nitrogens with zero attached hydrogens (tertiary/aromatic N) is 4. The fraction of sp³-hybridized carbons (Fsp3) is 0.267. The molecule has 4 nitrogen and oxygen atoms in total. The van der Waals surface area contributed by atoms with E-state index in [1.54, 1.807) is 10.5 Å². The van der Waals surface area contributed by atoms with Gasteiger partial charge in [0, 0.05) is 18.5 Å². The van der Waals surface area contributed by atoms with E-state index in [-0.39, 0.29) is 10.8 Å². The highest BCUT2D eigenvalue weighted by atomic mass is 35.5. The molecule has 0 spiro atoms.